The summed E-state index contributed by atoms with van der Waals surface area (Å²) in [6.07, 6.45) is 2.18. The number of hydrogen-bond acceptors (Lipinski definition) is 5. The molecule has 2 amide bonds. The van der Waals surface area contributed by atoms with E-state index >= 15 is 0 Å². The van der Waals surface area contributed by atoms with Crippen molar-refractivity contribution >= 4 is 11.8 Å². The zero-order valence-corrected chi connectivity index (χ0v) is 16.5. The van der Waals surface area contributed by atoms with Gasteiger partial charge >= 0.3 is 0 Å². The van der Waals surface area contributed by atoms with Crippen molar-refractivity contribution in [3.8, 4) is 5.75 Å². The molecule has 3 heterocycles. The minimum atomic E-state index is -0.0864. The van der Waals surface area contributed by atoms with E-state index in [4.69, 9.17) is 9.47 Å². The Kier molecular flexibility index (Phi) is 5.82. The van der Waals surface area contributed by atoms with Gasteiger partial charge in [0.05, 0.1) is 25.2 Å². The van der Waals surface area contributed by atoms with Gasteiger partial charge in [0.25, 0.3) is 5.91 Å². The van der Waals surface area contributed by atoms with Crippen LogP contribution >= 0.6 is 0 Å². The number of nitrogens with zero attached hydrogens (tertiary/aromatic N) is 3. The number of carbonyl (C=O) groups is 2. The molecule has 0 spiro atoms. The minimum absolute atomic E-state index is 0.0636. The molecule has 4 rings (SSSR count). The van der Waals surface area contributed by atoms with E-state index in [-0.39, 0.29) is 30.4 Å². The number of fused-ring (bicyclic) bond motifs is 3. The first-order valence-corrected chi connectivity index (χ1v) is 10.2. The molecule has 1 aromatic carbocycles. The van der Waals surface area contributed by atoms with Crippen molar-refractivity contribution in [2.24, 2.45) is 5.92 Å². The zero-order valence-electron chi connectivity index (χ0n) is 16.5. The molecule has 0 radical (unpaired) electrons. The fourth-order valence-corrected chi connectivity index (χ4v) is 4.27. The van der Waals surface area contributed by atoms with Gasteiger partial charge in [-0.05, 0) is 30.5 Å². The summed E-state index contributed by atoms with van der Waals surface area (Å²) in [6.45, 7) is 5.25. The summed E-state index contributed by atoms with van der Waals surface area (Å²) in [5.41, 5.74) is 1.18. The Morgan fingerprint density at radius 2 is 1.89 bits per heavy atom. The molecule has 2 atom stereocenters. The summed E-state index contributed by atoms with van der Waals surface area (Å²) >= 11 is 0. The van der Waals surface area contributed by atoms with Crippen LogP contribution in [0.2, 0.25) is 0 Å². The molecule has 7 heteroatoms. The van der Waals surface area contributed by atoms with Crippen LogP contribution in [0.3, 0.4) is 0 Å². The van der Waals surface area contributed by atoms with Crippen LogP contribution in [0, 0.1) is 5.92 Å². The summed E-state index contributed by atoms with van der Waals surface area (Å²) in [7, 11) is 1.88. The average Bonchev–Trinajstić information content (AvgIpc) is 3.16. The van der Waals surface area contributed by atoms with E-state index in [9.17, 15) is 9.59 Å². The number of hydrogen-bond donors (Lipinski definition) is 0. The highest BCUT2D eigenvalue weighted by Crippen LogP contribution is 2.22. The normalized spacial score (nSPS) is 25.7. The quantitative estimate of drug-likeness (QED) is 0.754. The number of amides is 2. The van der Waals surface area contributed by atoms with Gasteiger partial charge in [-0.3, -0.25) is 14.5 Å². The maximum absolute atomic E-state index is 12.5. The van der Waals surface area contributed by atoms with Crippen molar-refractivity contribution in [3.63, 3.8) is 0 Å². The Labute approximate surface area is 166 Å². The van der Waals surface area contributed by atoms with Gasteiger partial charge in [-0.2, -0.15) is 0 Å². The molecule has 7 nitrogen and oxygen atoms in total. The van der Waals surface area contributed by atoms with Crippen LogP contribution in [-0.2, 0) is 20.9 Å². The van der Waals surface area contributed by atoms with Gasteiger partial charge in [-0.25, -0.2) is 0 Å². The Morgan fingerprint density at radius 1 is 1.14 bits per heavy atom. The largest absolute Gasteiger partial charge is 0.484 e. The molecule has 3 fully saturated rings. The van der Waals surface area contributed by atoms with Gasteiger partial charge in [-0.15, -0.1) is 0 Å². The lowest BCUT2D eigenvalue weighted by atomic mass is 10.1. The predicted octanol–water partition coefficient (Wildman–Crippen LogP) is 0.977. The fourth-order valence-electron chi connectivity index (χ4n) is 4.27. The van der Waals surface area contributed by atoms with E-state index < -0.39 is 0 Å². The molecule has 28 heavy (non-hydrogen) atoms. The third kappa shape index (κ3) is 4.31. The lowest BCUT2D eigenvalue weighted by Crippen LogP contribution is -2.42. The van der Waals surface area contributed by atoms with Crippen LogP contribution in [0.25, 0.3) is 0 Å². The van der Waals surface area contributed by atoms with Crippen molar-refractivity contribution < 1.29 is 19.1 Å². The zero-order chi connectivity index (χ0) is 19.5. The molecule has 1 aromatic rings. The summed E-state index contributed by atoms with van der Waals surface area (Å²) < 4.78 is 11.3. The van der Waals surface area contributed by atoms with Crippen LogP contribution in [0.5, 0.6) is 5.75 Å². The van der Waals surface area contributed by atoms with E-state index in [1.807, 2.05) is 41.1 Å². The first-order valence-electron chi connectivity index (χ1n) is 10.2. The molecule has 3 saturated heterocycles. The first-order chi connectivity index (χ1) is 13.6. The predicted molar refractivity (Wildman–Crippen MR) is 104 cm³/mol. The highest BCUT2D eigenvalue weighted by Gasteiger charge is 2.37. The minimum Gasteiger partial charge on any atom is -0.484 e. The standard InChI is InChI=1S/C21H29N3O4/c1-22-18-12-23(11-17(21(22)26)13-27-14-18)10-16-4-6-19(7-5-16)28-15-20(25)24-8-2-3-9-24/h4-7,17-18H,2-3,8-15H2,1H3/t17-,18+/m1/s1. The molecule has 3 aliphatic heterocycles. The van der Waals surface area contributed by atoms with Crippen molar-refractivity contribution in [1.29, 1.82) is 0 Å². The molecule has 0 aliphatic carbocycles. The number of rotatable bonds is 5. The molecule has 2 bridgehead atoms. The Bertz CT molecular complexity index is 702. The molecular weight excluding hydrogens is 358 g/mol. The lowest BCUT2D eigenvalue weighted by molar-refractivity contribution is -0.134. The maximum Gasteiger partial charge on any atom is 0.260 e. The van der Waals surface area contributed by atoms with Gasteiger partial charge in [0.15, 0.2) is 6.61 Å². The number of carbonyl (C=O) groups excluding carboxylic acids is 2. The summed E-state index contributed by atoms with van der Waals surface area (Å²) in [4.78, 5) is 30.6. The molecule has 0 N–H and O–H groups in total. The van der Waals surface area contributed by atoms with Crippen LogP contribution in [-0.4, -0.2) is 85.6 Å². The van der Waals surface area contributed by atoms with Crippen molar-refractivity contribution in [2.75, 3.05) is 53.0 Å². The number of benzene rings is 1. The van der Waals surface area contributed by atoms with E-state index in [0.717, 1.165) is 45.6 Å². The lowest BCUT2D eigenvalue weighted by Gasteiger charge is -2.29. The second-order valence-corrected chi connectivity index (χ2v) is 8.05. The molecule has 0 unspecified atom stereocenters. The molecule has 152 valence electrons. The summed E-state index contributed by atoms with van der Waals surface area (Å²) in [5, 5.41) is 0. The van der Waals surface area contributed by atoms with Crippen LogP contribution < -0.4 is 4.74 Å². The molecule has 3 aliphatic rings. The van der Waals surface area contributed by atoms with E-state index in [1.165, 1.54) is 5.56 Å². The molecule has 0 saturated carbocycles. The summed E-state index contributed by atoms with van der Waals surface area (Å²) in [5.74, 6) is 0.883. The number of likely N-dealkylation sites (N-methyl/N-ethyl adjacent to an activating group) is 1. The number of likely N-dealkylation sites (tertiary alicyclic amines) is 1. The van der Waals surface area contributed by atoms with Gasteiger partial charge < -0.3 is 19.3 Å². The number of ether oxygens (including phenoxy) is 2. The van der Waals surface area contributed by atoms with E-state index in [0.29, 0.717) is 19.0 Å². The topological polar surface area (TPSA) is 62.3 Å². The van der Waals surface area contributed by atoms with Crippen LogP contribution in [0.15, 0.2) is 24.3 Å². The van der Waals surface area contributed by atoms with E-state index in [2.05, 4.69) is 4.90 Å². The Hall–Kier alpha value is -2.12. The second-order valence-electron chi connectivity index (χ2n) is 8.05. The third-order valence-corrected chi connectivity index (χ3v) is 5.97. The van der Waals surface area contributed by atoms with Crippen LogP contribution in [0.1, 0.15) is 18.4 Å². The highest BCUT2D eigenvalue weighted by molar-refractivity contribution is 5.80. The van der Waals surface area contributed by atoms with Crippen molar-refractivity contribution in [1.82, 2.24) is 14.7 Å². The second kappa shape index (κ2) is 8.49. The van der Waals surface area contributed by atoms with E-state index in [1.54, 1.807) is 0 Å². The fraction of sp³-hybridized carbons (Fsp3) is 0.619. The average molecular weight is 387 g/mol. The first kappa shape index (κ1) is 19.2. The smallest absolute Gasteiger partial charge is 0.260 e. The Morgan fingerprint density at radius 3 is 2.64 bits per heavy atom. The highest BCUT2D eigenvalue weighted by atomic mass is 16.5. The summed E-state index contributed by atoms with van der Waals surface area (Å²) in [6, 6.07) is 8.03. The van der Waals surface area contributed by atoms with Crippen molar-refractivity contribution in [2.45, 2.75) is 25.4 Å². The molecular formula is C21H29N3O4. The van der Waals surface area contributed by atoms with Gasteiger partial charge in [0, 0.05) is 39.8 Å². The van der Waals surface area contributed by atoms with Gasteiger partial charge in [0.1, 0.15) is 5.75 Å². The monoisotopic (exact) mass is 387 g/mol. The molecule has 0 aromatic heterocycles. The SMILES string of the molecule is CN1C(=O)[C@H]2COC[C@@H]1CN(Cc1ccc(OCC(=O)N3CCCC3)cc1)C2. The third-order valence-electron chi connectivity index (χ3n) is 5.97. The maximum atomic E-state index is 12.5. The van der Waals surface area contributed by atoms with Crippen LogP contribution in [0.4, 0.5) is 0 Å². The Balaban J connectivity index is 1.31. The van der Waals surface area contributed by atoms with Gasteiger partial charge in [0.2, 0.25) is 5.91 Å². The van der Waals surface area contributed by atoms with Crippen molar-refractivity contribution in [3.05, 3.63) is 29.8 Å². The van der Waals surface area contributed by atoms with Gasteiger partial charge in [-0.1, -0.05) is 12.1 Å².